The number of nitrogens with zero attached hydrogens (tertiary/aromatic N) is 2. The summed E-state index contributed by atoms with van der Waals surface area (Å²) in [6, 6.07) is 11.8. The highest BCUT2D eigenvalue weighted by atomic mass is 32.2. The summed E-state index contributed by atoms with van der Waals surface area (Å²) < 4.78 is 45.4. The zero-order valence-corrected chi connectivity index (χ0v) is 14.9. The smallest absolute Gasteiger partial charge is 0.264 e. The molecule has 1 aliphatic rings. The summed E-state index contributed by atoms with van der Waals surface area (Å²) >= 11 is 0. The third-order valence-electron chi connectivity index (χ3n) is 4.44. The van der Waals surface area contributed by atoms with Crippen molar-refractivity contribution in [3.8, 4) is 11.3 Å². The molecule has 1 fully saturated rings. The molecule has 4 rings (SSSR count). The quantitative estimate of drug-likeness (QED) is 0.674. The lowest BCUT2D eigenvalue weighted by molar-refractivity contribution is 0.509. The number of anilines is 1. The van der Waals surface area contributed by atoms with E-state index in [9.17, 15) is 12.8 Å². The molecule has 1 heterocycles. The van der Waals surface area contributed by atoms with Crippen molar-refractivity contribution in [3.63, 3.8) is 0 Å². The topological polar surface area (TPSA) is 63.4 Å². The molecule has 7 heteroatoms. The Kier molecular flexibility index (Phi) is 4.03. The molecule has 0 radical (unpaired) electrons. The van der Waals surface area contributed by atoms with E-state index in [1.165, 1.54) is 43.4 Å². The van der Waals surface area contributed by atoms with Gasteiger partial charge in [0.05, 0.1) is 16.8 Å². The fourth-order valence-electron chi connectivity index (χ4n) is 2.68. The van der Waals surface area contributed by atoms with E-state index >= 15 is 0 Å². The Hall–Kier alpha value is -2.67. The van der Waals surface area contributed by atoms with Crippen molar-refractivity contribution in [2.45, 2.75) is 23.7 Å². The van der Waals surface area contributed by atoms with Crippen LogP contribution < -0.4 is 4.31 Å². The molecule has 26 heavy (non-hydrogen) atoms. The molecule has 0 amide bonds. The molecule has 3 aromatic rings. The monoisotopic (exact) mass is 372 g/mol. The van der Waals surface area contributed by atoms with Gasteiger partial charge in [0.15, 0.2) is 11.7 Å². The van der Waals surface area contributed by atoms with Crippen LogP contribution in [0.15, 0.2) is 64.0 Å². The first kappa shape index (κ1) is 16.8. The van der Waals surface area contributed by atoms with E-state index in [0.29, 0.717) is 17.4 Å². The molecule has 0 atom stereocenters. The number of halogens is 1. The molecule has 5 nitrogen and oxygen atoms in total. The normalized spacial score (nSPS) is 14.4. The molecule has 0 N–H and O–H groups in total. The van der Waals surface area contributed by atoms with E-state index in [-0.39, 0.29) is 4.90 Å². The minimum absolute atomic E-state index is 0.148. The van der Waals surface area contributed by atoms with E-state index in [1.807, 2.05) is 0 Å². The molecule has 134 valence electrons. The second-order valence-electron chi connectivity index (χ2n) is 6.31. The van der Waals surface area contributed by atoms with Crippen molar-refractivity contribution in [1.82, 2.24) is 4.98 Å². The Labute approximate surface area is 151 Å². The number of hydrogen-bond acceptors (Lipinski definition) is 4. The van der Waals surface area contributed by atoms with Crippen molar-refractivity contribution in [2.75, 3.05) is 11.4 Å². The number of hydrogen-bond donors (Lipinski definition) is 0. The van der Waals surface area contributed by atoms with Crippen LogP contribution >= 0.6 is 0 Å². The van der Waals surface area contributed by atoms with Crippen LogP contribution in [0.25, 0.3) is 11.3 Å². The van der Waals surface area contributed by atoms with Crippen LogP contribution in [-0.2, 0) is 10.0 Å². The molecule has 0 spiro atoms. The van der Waals surface area contributed by atoms with Crippen molar-refractivity contribution < 1.29 is 17.2 Å². The number of oxazole rings is 1. The van der Waals surface area contributed by atoms with Gasteiger partial charge in [-0.3, -0.25) is 4.31 Å². The van der Waals surface area contributed by atoms with Gasteiger partial charge in [-0.05, 0) is 61.4 Å². The van der Waals surface area contributed by atoms with Crippen LogP contribution in [0.5, 0.6) is 0 Å². The fourth-order valence-corrected chi connectivity index (χ4v) is 3.87. The van der Waals surface area contributed by atoms with Gasteiger partial charge in [-0.1, -0.05) is 0 Å². The standard InChI is InChI=1S/C19H17FN2O3S/c1-22(16-8-6-15(20)7-9-16)26(23,24)17-10-4-13(5-11-17)18-12-21-19(25-18)14-2-3-14/h4-12,14H,2-3H2,1H3. The number of rotatable bonds is 5. The predicted octanol–water partition coefficient (Wildman–Crippen LogP) is 4.18. The zero-order chi connectivity index (χ0) is 18.3. The summed E-state index contributed by atoms with van der Waals surface area (Å²) in [4.78, 5) is 4.43. The SMILES string of the molecule is CN(c1ccc(F)cc1)S(=O)(=O)c1ccc(-c2cnc(C3CC3)o2)cc1. The third-order valence-corrected chi connectivity index (χ3v) is 6.24. The number of benzene rings is 2. The Morgan fingerprint density at radius 1 is 1.08 bits per heavy atom. The van der Waals surface area contributed by atoms with Crippen molar-refractivity contribution >= 4 is 15.7 Å². The molecule has 0 unspecified atom stereocenters. The summed E-state index contributed by atoms with van der Waals surface area (Å²) in [6.45, 7) is 0. The Morgan fingerprint density at radius 3 is 2.35 bits per heavy atom. The van der Waals surface area contributed by atoms with E-state index < -0.39 is 15.8 Å². The average Bonchev–Trinajstić information content (AvgIpc) is 3.39. The number of aromatic nitrogens is 1. The van der Waals surface area contributed by atoms with E-state index in [4.69, 9.17) is 4.42 Å². The largest absolute Gasteiger partial charge is 0.440 e. The molecule has 0 bridgehead atoms. The first-order valence-corrected chi connectivity index (χ1v) is 9.70. The molecule has 0 aliphatic heterocycles. The highest BCUT2D eigenvalue weighted by Crippen LogP contribution is 2.40. The minimum atomic E-state index is -3.74. The van der Waals surface area contributed by atoms with Gasteiger partial charge >= 0.3 is 0 Å². The van der Waals surface area contributed by atoms with Crippen LogP contribution in [0.2, 0.25) is 0 Å². The molecule has 1 saturated carbocycles. The van der Waals surface area contributed by atoms with Crippen molar-refractivity contribution in [2.24, 2.45) is 0 Å². The molecule has 2 aromatic carbocycles. The van der Waals surface area contributed by atoms with Crippen LogP contribution in [0.1, 0.15) is 24.7 Å². The van der Waals surface area contributed by atoms with E-state index in [1.54, 1.807) is 18.3 Å². The van der Waals surface area contributed by atoms with Gasteiger partial charge in [-0.25, -0.2) is 17.8 Å². The van der Waals surface area contributed by atoms with Gasteiger partial charge in [0.1, 0.15) is 5.82 Å². The van der Waals surface area contributed by atoms with Crippen LogP contribution in [0, 0.1) is 5.82 Å². The minimum Gasteiger partial charge on any atom is -0.440 e. The molecule has 1 aromatic heterocycles. The summed E-state index contributed by atoms with van der Waals surface area (Å²) in [6.07, 6.45) is 3.88. The summed E-state index contributed by atoms with van der Waals surface area (Å²) in [5, 5.41) is 0. The van der Waals surface area contributed by atoms with Gasteiger partial charge in [0.25, 0.3) is 10.0 Å². The van der Waals surface area contributed by atoms with Gasteiger partial charge in [-0.2, -0.15) is 0 Å². The lowest BCUT2D eigenvalue weighted by Crippen LogP contribution is -2.26. The average molecular weight is 372 g/mol. The van der Waals surface area contributed by atoms with Gasteiger partial charge < -0.3 is 4.42 Å². The maximum absolute atomic E-state index is 13.0. The highest BCUT2D eigenvalue weighted by Gasteiger charge is 2.28. The summed E-state index contributed by atoms with van der Waals surface area (Å²) in [5.74, 6) is 1.38. The Morgan fingerprint density at radius 2 is 1.73 bits per heavy atom. The molecular formula is C19H17FN2O3S. The third kappa shape index (κ3) is 3.10. The maximum Gasteiger partial charge on any atom is 0.264 e. The Bertz CT molecular complexity index is 1020. The second-order valence-corrected chi connectivity index (χ2v) is 8.28. The highest BCUT2D eigenvalue weighted by molar-refractivity contribution is 7.92. The predicted molar refractivity (Wildman–Crippen MR) is 95.9 cm³/mol. The van der Waals surface area contributed by atoms with Crippen molar-refractivity contribution in [1.29, 1.82) is 0 Å². The van der Waals surface area contributed by atoms with Gasteiger partial charge in [0, 0.05) is 18.5 Å². The van der Waals surface area contributed by atoms with E-state index in [0.717, 1.165) is 28.6 Å². The van der Waals surface area contributed by atoms with Gasteiger partial charge in [-0.15, -0.1) is 0 Å². The van der Waals surface area contributed by atoms with E-state index in [2.05, 4.69) is 4.98 Å². The first-order chi connectivity index (χ1) is 12.4. The van der Waals surface area contributed by atoms with Crippen LogP contribution in [0.3, 0.4) is 0 Å². The molecule has 0 saturated heterocycles. The second kappa shape index (κ2) is 6.25. The van der Waals surface area contributed by atoms with Crippen LogP contribution in [-0.4, -0.2) is 20.4 Å². The molecule has 1 aliphatic carbocycles. The maximum atomic E-state index is 13.0. The lowest BCUT2D eigenvalue weighted by Gasteiger charge is -2.19. The van der Waals surface area contributed by atoms with Crippen LogP contribution in [0.4, 0.5) is 10.1 Å². The number of sulfonamides is 1. The first-order valence-electron chi connectivity index (χ1n) is 8.26. The Balaban J connectivity index is 1.59. The molecular weight excluding hydrogens is 355 g/mol. The summed E-state index contributed by atoms with van der Waals surface area (Å²) in [5.41, 5.74) is 1.16. The van der Waals surface area contributed by atoms with Crippen molar-refractivity contribution in [3.05, 3.63) is 66.4 Å². The zero-order valence-electron chi connectivity index (χ0n) is 14.1. The fraction of sp³-hybridized carbons (Fsp3) is 0.211. The lowest BCUT2D eigenvalue weighted by atomic mass is 10.2. The summed E-state index contributed by atoms with van der Waals surface area (Å²) in [7, 11) is -2.30. The van der Waals surface area contributed by atoms with Gasteiger partial charge in [0.2, 0.25) is 0 Å².